The fraction of sp³-hybridized carbons (Fsp3) is 0.933. The van der Waals surface area contributed by atoms with Gasteiger partial charge in [0.2, 0.25) is 5.91 Å². The van der Waals surface area contributed by atoms with E-state index in [1.807, 2.05) is 0 Å². The minimum absolute atomic E-state index is 0.240. The second-order valence-corrected chi connectivity index (χ2v) is 6.54. The maximum atomic E-state index is 11.8. The molecule has 2 aliphatic rings. The van der Waals surface area contributed by atoms with Crippen LogP contribution < -0.4 is 11.1 Å². The summed E-state index contributed by atoms with van der Waals surface area (Å²) in [5, 5.41) is 3.10. The van der Waals surface area contributed by atoms with Crippen molar-refractivity contribution in [2.45, 2.75) is 51.0 Å². The molecular formula is C15H29N3O. The fourth-order valence-corrected chi connectivity index (χ4v) is 3.35. The molecule has 1 saturated heterocycles. The number of amides is 1. The molecule has 2 rings (SSSR count). The summed E-state index contributed by atoms with van der Waals surface area (Å²) < 4.78 is 0. The first kappa shape index (κ1) is 14.8. The van der Waals surface area contributed by atoms with Crippen molar-refractivity contribution >= 4 is 5.91 Å². The Kier molecular flexibility index (Phi) is 5.64. The van der Waals surface area contributed by atoms with Gasteiger partial charge in [-0.3, -0.25) is 4.79 Å². The quantitative estimate of drug-likeness (QED) is 0.790. The fourth-order valence-electron chi connectivity index (χ4n) is 3.35. The number of nitrogens with zero attached hydrogens (tertiary/aromatic N) is 1. The zero-order valence-electron chi connectivity index (χ0n) is 12.2. The predicted octanol–water partition coefficient (Wildman–Crippen LogP) is 1.35. The van der Waals surface area contributed by atoms with Crippen LogP contribution in [0.3, 0.4) is 0 Å². The standard InChI is InChI=1S/C15H29N3O/c1-18-9-8-13(11-18)10-17-15(19)7-4-12-2-5-14(16)6-3-12/h12-14H,2-11,16H2,1H3,(H,17,19). The molecule has 3 N–H and O–H groups in total. The molecule has 2 fully saturated rings. The molecule has 0 radical (unpaired) electrons. The third-order valence-electron chi connectivity index (χ3n) is 4.75. The van der Waals surface area contributed by atoms with E-state index in [0.717, 1.165) is 38.3 Å². The van der Waals surface area contributed by atoms with Crippen LogP contribution in [-0.4, -0.2) is 43.5 Å². The molecule has 0 aromatic heterocycles. The molecule has 1 atom stereocenters. The van der Waals surface area contributed by atoms with Crippen molar-refractivity contribution in [3.8, 4) is 0 Å². The zero-order valence-corrected chi connectivity index (χ0v) is 12.2. The smallest absolute Gasteiger partial charge is 0.220 e. The van der Waals surface area contributed by atoms with Crippen LogP contribution in [-0.2, 0) is 4.79 Å². The molecule has 1 heterocycles. The summed E-state index contributed by atoms with van der Waals surface area (Å²) in [6.45, 7) is 3.16. The molecule has 1 amide bonds. The molecule has 0 spiro atoms. The first-order valence-electron chi connectivity index (χ1n) is 7.84. The van der Waals surface area contributed by atoms with Crippen LogP contribution in [0.2, 0.25) is 0 Å². The second-order valence-electron chi connectivity index (χ2n) is 6.54. The number of rotatable bonds is 5. The molecule has 0 aromatic carbocycles. The molecule has 4 heteroatoms. The van der Waals surface area contributed by atoms with Crippen LogP contribution >= 0.6 is 0 Å². The number of nitrogens with one attached hydrogen (secondary N) is 1. The average Bonchev–Trinajstić information content (AvgIpc) is 2.81. The third-order valence-corrected chi connectivity index (χ3v) is 4.75. The minimum atomic E-state index is 0.240. The van der Waals surface area contributed by atoms with E-state index in [1.54, 1.807) is 0 Å². The number of carbonyl (C=O) groups excluding carboxylic acids is 1. The summed E-state index contributed by atoms with van der Waals surface area (Å²) >= 11 is 0. The molecule has 110 valence electrons. The molecule has 1 aliphatic heterocycles. The Balaban J connectivity index is 1.54. The lowest BCUT2D eigenvalue weighted by molar-refractivity contribution is -0.121. The van der Waals surface area contributed by atoms with E-state index >= 15 is 0 Å². The first-order chi connectivity index (χ1) is 9.13. The average molecular weight is 267 g/mol. The van der Waals surface area contributed by atoms with Gasteiger partial charge in [-0.25, -0.2) is 0 Å². The molecule has 19 heavy (non-hydrogen) atoms. The number of likely N-dealkylation sites (tertiary alicyclic amines) is 1. The van der Waals surface area contributed by atoms with E-state index in [-0.39, 0.29) is 5.91 Å². The van der Waals surface area contributed by atoms with Gasteiger partial charge in [0.15, 0.2) is 0 Å². The Bertz CT molecular complexity index is 287. The van der Waals surface area contributed by atoms with Crippen molar-refractivity contribution < 1.29 is 4.79 Å². The van der Waals surface area contributed by atoms with Gasteiger partial charge in [-0.2, -0.15) is 0 Å². The van der Waals surface area contributed by atoms with Crippen molar-refractivity contribution in [3.63, 3.8) is 0 Å². The summed E-state index contributed by atoms with van der Waals surface area (Å²) in [7, 11) is 2.15. The highest BCUT2D eigenvalue weighted by Crippen LogP contribution is 2.26. The van der Waals surface area contributed by atoms with Gasteiger partial charge in [0.1, 0.15) is 0 Å². The highest BCUT2D eigenvalue weighted by molar-refractivity contribution is 5.75. The Morgan fingerprint density at radius 1 is 1.21 bits per heavy atom. The van der Waals surface area contributed by atoms with Crippen LogP contribution in [0.15, 0.2) is 0 Å². The van der Waals surface area contributed by atoms with E-state index in [0.29, 0.717) is 18.4 Å². The normalized spacial score (nSPS) is 32.4. The molecule has 0 bridgehead atoms. The Morgan fingerprint density at radius 2 is 1.95 bits per heavy atom. The van der Waals surface area contributed by atoms with Gasteiger partial charge >= 0.3 is 0 Å². The van der Waals surface area contributed by atoms with Crippen LogP contribution in [0.5, 0.6) is 0 Å². The zero-order chi connectivity index (χ0) is 13.7. The van der Waals surface area contributed by atoms with Gasteiger partial charge in [0.25, 0.3) is 0 Å². The molecular weight excluding hydrogens is 238 g/mol. The largest absolute Gasteiger partial charge is 0.356 e. The van der Waals surface area contributed by atoms with Crippen LogP contribution in [0.25, 0.3) is 0 Å². The van der Waals surface area contributed by atoms with Crippen LogP contribution in [0, 0.1) is 11.8 Å². The van der Waals surface area contributed by atoms with Gasteiger partial charge < -0.3 is 16.0 Å². The molecule has 1 saturated carbocycles. The van der Waals surface area contributed by atoms with Crippen molar-refractivity contribution in [1.82, 2.24) is 10.2 Å². The summed E-state index contributed by atoms with van der Waals surface area (Å²) in [4.78, 5) is 14.2. The van der Waals surface area contributed by atoms with E-state index < -0.39 is 0 Å². The maximum absolute atomic E-state index is 11.8. The van der Waals surface area contributed by atoms with Crippen molar-refractivity contribution in [1.29, 1.82) is 0 Å². The van der Waals surface area contributed by atoms with Gasteiger partial charge in [-0.15, -0.1) is 0 Å². The van der Waals surface area contributed by atoms with E-state index in [4.69, 9.17) is 5.73 Å². The summed E-state index contributed by atoms with van der Waals surface area (Å²) in [5.41, 5.74) is 5.90. The van der Waals surface area contributed by atoms with Crippen molar-refractivity contribution in [2.24, 2.45) is 17.6 Å². The van der Waals surface area contributed by atoms with E-state index in [9.17, 15) is 4.79 Å². The Morgan fingerprint density at radius 3 is 2.58 bits per heavy atom. The minimum Gasteiger partial charge on any atom is -0.356 e. The van der Waals surface area contributed by atoms with Crippen LogP contribution in [0.4, 0.5) is 0 Å². The van der Waals surface area contributed by atoms with Crippen LogP contribution in [0.1, 0.15) is 44.9 Å². The summed E-state index contributed by atoms with van der Waals surface area (Å²) in [5.74, 6) is 1.62. The highest BCUT2D eigenvalue weighted by atomic mass is 16.1. The molecule has 4 nitrogen and oxygen atoms in total. The van der Waals surface area contributed by atoms with Gasteiger partial charge in [0.05, 0.1) is 0 Å². The van der Waals surface area contributed by atoms with Crippen molar-refractivity contribution in [2.75, 3.05) is 26.7 Å². The lowest BCUT2D eigenvalue weighted by Crippen LogP contribution is -2.31. The van der Waals surface area contributed by atoms with Crippen molar-refractivity contribution in [3.05, 3.63) is 0 Å². The summed E-state index contributed by atoms with van der Waals surface area (Å²) in [6.07, 6.45) is 7.66. The summed E-state index contributed by atoms with van der Waals surface area (Å²) in [6, 6.07) is 0.407. The monoisotopic (exact) mass is 267 g/mol. The number of carbonyl (C=O) groups is 1. The van der Waals surface area contributed by atoms with Gasteiger partial charge in [-0.05, 0) is 64.0 Å². The maximum Gasteiger partial charge on any atom is 0.220 e. The number of hydrogen-bond donors (Lipinski definition) is 2. The lowest BCUT2D eigenvalue weighted by Gasteiger charge is -2.25. The highest BCUT2D eigenvalue weighted by Gasteiger charge is 2.21. The number of nitrogens with two attached hydrogens (primary N) is 1. The predicted molar refractivity (Wildman–Crippen MR) is 77.8 cm³/mol. The topological polar surface area (TPSA) is 58.4 Å². The Hall–Kier alpha value is -0.610. The van der Waals surface area contributed by atoms with E-state index in [2.05, 4.69) is 17.3 Å². The first-order valence-corrected chi connectivity index (χ1v) is 7.84. The lowest BCUT2D eigenvalue weighted by atomic mass is 9.84. The van der Waals surface area contributed by atoms with E-state index in [1.165, 1.54) is 25.8 Å². The molecule has 1 aliphatic carbocycles. The molecule has 1 unspecified atom stereocenters. The number of hydrogen-bond acceptors (Lipinski definition) is 3. The SMILES string of the molecule is CN1CCC(CNC(=O)CCC2CCC(N)CC2)C1. The van der Waals surface area contributed by atoms with Gasteiger partial charge in [-0.1, -0.05) is 0 Å². The molecule has 0 aromatic rings. The Labute approximate surface area is 117 Å². The van der Waals surface area contributed by atoms with Gasteiger partial charge in [0, 0.05) is 25.6 Å². The second kappa shape index (κ2) is 7.25. The third kappa shape index (κ3) is 5.11.